The van der Waals surface area contributed by atoms with Gasteiger partial charge in [-0.05, 0) is 59.0 Å². The first kappa shape index (κ1) is 26.6. The minimum absolute atomic E-state index is 0. The number of nitrogens with one attached hydrogen (secondary N) is 1. The molecule has 0 aliphatic carbocycles. The van der Waals surface area contributed by atoms with Crippen molar-refractivity contribution in [2.24, 2.45) is 0 Å². The summed E-state index contributed by atoms with van der Waals surface area (Å²) in [6.45, 7) is 0. The molecule has 0 atom stereocenters. The summed E-state index contributed by atoms with van der Waals surface area (Å²) >= 11 is 2.22. The van der Waals surface area contributed by atoms with Gasteiger partial charge in [0.05, 0.1) is 37.2 Å². The molecule has 0 radical (unpaired) electrons. The summed E-state index contributed by atoms with van der Waals surface area (Å²) in [5, 5.41) is 0. The molecule has 0 aromatic carbocycles. The molecule has 0 aliphatic rings. The number of aromatic amines is 1. The Bertz CT molecular complexity index is 1050. The second-order valence-corrected chi connectivity index (χ2v) is 7.02. The van der Waals surface area contributed by atoms with Crippen LogP contribution >= 0.6 is 22.6 Å². The first-order valence-corrected chi connectivity index (χ1v) is 10.1. The number of carbonyl (C=O) groups is 2. The van der Waals surface area contributed by atoms with E-state index >= 15 is 0 Å². The topological polar surface area (TPSA) is 99.1 Å². The van der Waals surface area contributed by atoms with Gasteiger partial charge in [0, 0.05) is 46.9 Å². The molecule has 9 heteroatoms. The first-order chi connectivity index (χ1) is 15.0. The molecule has 0 spiro atoms. The summed E-state index contributed by atoms with van der Waals surface area (Å²) in [6.07, 6.45) is 13.8. The molecular weight excluding hydrogens is 523 g/mol. The fraction of sp³-hybridized carbons (Fsp3) is 0.130. The first-order valence-electron chi connectivity index (χ1n) is 8.98. The van der Waals surface area contributed by atoms with Crippen molar-refractivity contribution in [1.82, 2.24) is 19.5 Å². The maximum atomic E-state index is 11.2. The molecule has 0 aliphatic heterocycles. The van der Waals surface area contributed by atoms with Gasteiger partial charge in [-0.2, -0.15) is 0 Å². The fourth-order valence-electron chi connectivity index (χ4n) is 2.21. The standard InChI is InChI=1S/C11H10N2O2.C6H7NO2.C5H4IN.CH4/c1-15-11(14)9-4-6-13(8-9)10-3-2-5-12-7-10;1-9-6(8)5-2-3-7-4-5;6-5-2-1-3-7-4-5;/h2-8H,1H3;2-4,7H,1H3;1-4H;1H4. The van der Waals surface area contributed by atoms with Crippen molar-refractivity contribution in [3.05, 3.63) is 101 Å². The smallest absolute Gasteiger partial charge is 0.339 e. The van der Waals surface area contributed by atoms with Crippen molar-refractivity contribution >= 4 is 34.5 Å². The molecule has 32 heavy (non-hydrogen) atoms. The van der Waals surface area contributed by atoms with E-state index in [1.54, 1.807) is 55.5 Å². The number of methoxy groups -OCH3 is 2. The quantitative estimate of drug-likeness (QED) is 0.292. The highest BCUT2D eigenvalue weighted by Gasteiger charge is 2.07. The summed E-state index contributed by atoms with van der Waals surface area (Å²) in [6, 6.07) is 11.0. The van der Waals surface area contributed by atoms with Crippen molar-refractivity contribution in [1.29, 1.82) is 0 Å². The number of hydrogen-bond acceptors (Lipinski definition) is 6. The number of H-pyrrole nitrogens is 1. The molecule has 0 saturated heterocycles. The Morgan fingerprint density at radius 3 is 2.06 bits per heavy atom. The third kappa shape index (κ3) is 8.72. The second kappa shape index (κ2) is 14.5. The number of ether oxygens (including phenoxy) is 2. The van der Waals surface area contributed by atoms with E-state index in [0.717, 1.165) is 5.69 Å². The molecule has 1 N–H and O–H groups in total. The summed E-state index contributed by atoms with van der Waals surface area (Å²) in [4.78, 5) is 32.5. The van der Waals surface area contributed by atoms with Crippen LogP contribution in [0.25, 0.3) is 5.69 Å². The third-order valence-corrected chi connectivity index (χ3v) is 4.34. The summed E-state index contributed by atoms with van der Waals surface area (Å²) < 4.78 is 12.1. The van der Waals surface area contributed by atoms with Gasteiger partial charge >= 0.3 is 11.9 Å². The summed E-state index contributed by atoms with van der Waals surface area (Å²) in [7, 11) is 2.72. The van der Waals surface area contributed by atoms with Crippen LogP contribution in [0.5, 0.6) is 0 Å². The van der Waals surface area contributed by atoms with Gasteiger partial charge in [0.1, 0.15) is 0 Å². The largest absolute Gasteiger partial charge is 0.465 e. The van der Waals surface area contributed by atoms with E-state index in [-0.39, 0.29) is 19.4 Å². The van der Waals surface area contributed by atoms with Gasteiger partial charge in [0.25, 0.3) is 0 Å². The second-order valence-electron chi connectivity index (χ2n) is 5.77. The van der Waals surface area contributed by atoms with Crippen LogP contribution in [0, 0.1) is 3.57 Å². The highest BCUT2D eigenvalue weighted by molar-refractivity contribution is 14.1. The molecule has 0 bridgehead atoms. The minimum atomic E-state index is -0.336. The van der Waals surface area contributed by atoms with Crippen molar-refractivity contribution in [2.45, 2.75) is 7.43 Å². The number of hydrogen-bond donors (Lipinski definition) is 1. The molecule has 8 nitrogen and oxygen atoms in total. The monoisotopic (exact) mass is 548 g/mol. The zero-order valence-corrected chi connectivity index (χ0v) is 19.1. The van der Waals surface area contributed by atoms with Crippen molar-refractivity contribution < 1.29 is 19.1 Å². The van der Waals surface area contributed by atoms with Crippen LogP contribution in [0.2, 0.25) is 0 Å². The average Bonchev–Trinajstić information content (AvgIpc) is 3.53. The predicted molar refractivity (Wildman–Crippen MR) is 131 cm³/mol. The van der Waals surface area contributed by atoms with Gasteiger partial charge < -0.3 is 19.0 Å². The molecule has 0 unspecified atom stereocenters. The van der Waals surface area contributed by atoms with E-state index in [4.69, 9.17) is 0 Å². The van der Waals surface area contributed by atoms with Crippen LogP contribution in [-0.4, -0.2) is 45.7 Å². The van der Waals surface area contributed by atoms with Gasteiger partial charge in [-0.3, -0.25) is 9.97 Å². The Hall–Kier alpha value is -3.47. The van der Waals surface area contributed by atoms with Crippen LogP contribution in [0.1, 0.15) is 28.1 Å². The molecule has 168 valence electrons. The minimum Gasteiger partial charge on any atom is -0.465 e. The lowest BCUT2D eigenvalue weighted by atomic mass is 10.3. The van der Waals surface area contributed by atoms with E-state index in [0.29, 0.717) is 11.1 Å². The Kier molecular flexibility index (Phi) is 12.1. The average molecular weight is 548 g/mol. The number of halogens is 1. The Balaban J connectivity index is 0.000000258. The van der Waals surface area contributed by atoms with E-state index in [9.17, 15) is 9.59 Å². The molecule has 4 aromatic heterocycles. The SMILES string of the molecule is C.COC(=O)c1cc[nH]c1.COC(=O)c1ccn(-c2cccnc2)c1.Ic1cccnc1. The van der Waals surface area contributed by atoms with E-state index in [1.165, 1.54) is 17.8 Å². The highest BCUT2D eigenvalue weighted by atomic mass is 127. The maximum Gasteiger partial charge on any atom is 0.339 e. The molecule has 4 aromatic rings. The van der Waals surface area contributed by atoms with Crippen LogP contribution in [0.3, 0.4) is 0 Å². The van der Waals surface area contributed by atoms with Crippen molar-refractivity contribution in [2.75, 3.05) is 14.2 Å². The number of pyridine rings is 2. The Labute approximate surface area is 200 Å². The molecule has 0 fully saturated rings. The van der Waals surface area contributed by atoms with Gasteiger partial charge in [0.15, 0.2) is 0 Å². The fourth-order valence-corrected chi connectivity index (χ4v) is 2.58. The number of rotatable bonds is 3. The van der Waals surface area contributed by atoms with Gasteiger partial charge in [-0.25, -0.2) is 9.59 Å². The molecule has 0 saturated carbocycles. The van der Waals surface area contributed by atoms with Crippen LogP contribution < -0.4 is 0 Å². The Morgan fingerprint density at radius 2 is 1.59 bits per heavy atom. The van der Waals surface area contributed by atoms with Gasteiger partial charge in [-0.1, -0.05) is 7.43 Å². The molecular formula is C23H25IN4O4. The highest BCUT2D eigenvalue weighted by Crippen LogP contribution is 2.09. The summed E-state index contributed by atoms with van der Waals surface area (Å²) in [5.41, 5.74) is 1.99. The van der Waals surface area contributed by atoms with Crippen LogP contribution in [-0.2, 0) is 9.47 Å². The number of nitrogens with zero attached hydrogens (tertiary/aromatic N) is 3. The maximum absolute atomic E-state index is 11.2. The van der Waals surface area contributed by atoms with E-state index in [2.05, 4.69) is 47.0 Å². The lowest BCUT2D eigenvalue weighted by Gasteiger charge is -2.00. The van der Waals surface area contributed by atoms with Crippen LogP contribution in [0.15, 0.2) is 86.0 Å². The lowest BCUT2D eigenvalue weighted by Crippen LogP contribution is -1.99. The number of esters is 2. The van der Waals surface area contributed by atoms with Gasteiger partial charge in [-0.15, -0.1) is 0 Å². The molecule has 4 heterocycles. The molecule has 4 rings (SSSR count). The summed E-state index contributed by atoms with van der Waals surface area (Å²) in [5.74, 6) is -0.645. The normalized spacial score (nSPS) is 9.09. The molecule has 0 amide bonds. The predicted octanol–water partition coefficient (Wildman–Crippen LogP) is 4.78. The number of carbonyl (C=O) groups excluding carboxylic acids is 2. The van der Waals surface area contributed by atoms with E-state index < -0.39 is 0 Å². The van der Waals surface area contributed by atoms with E-state index in [1.807, 2.05) is 35.0 Å². The third-order valence-electron chi connectivity index (χ3n) is 3.70. The zero-order chi connectivity index (χ0) is 22.5. The number of aromatic nitrogens is 4. The Morgan fingerprint density at radius 1 is 0.938 bits per heavy atom. The van der Waals surface area contributed by atoms with Crippen molar-refractivity contribution in [3.63, 3.8) is 0 Å². The van der Waals surface area contributed by atoms with Crippen LogP contribution in [0.4, 0.5) is 0 Å². The van der Waals surface area contributed by atoms with Crippen molar-refractivity contribution in [3.8, 4) is 5.69 Å². The zero-order valence-electron chi connectivity index (χ0n) is 16.9. The van der Waals surface area contributed by atoms with Gasteiger partial charge in [0.2, 0.25) is 0 Å². The lowest BCUT2D eigenvalue weighted by molar-refractivity contribution is 0.0592.